The molecular formula is C24H20N4O. The fraction of sp³-hybridized carbons (Fsp3) is 0.125. The van der Waals surface area contributed by atoms with Crippen molar-refractivity contribution in [3.8, 4) is 0 Å². The molecule has 4 aromatic rings. The van der Waals surface area contributed by atoms with E-state index in [0.29, 0.717) is 12.1 Å². The number of amides is 1. The third kappa shape index (κ3) is 2.91. The first-order valence-corrected chi connectivity index (χ1v) is 9.58. The van der Waals surface area contributed by atoms with Crippen molar-refractivity contribution in [3.63, 3.8) is 0 Å². The number of carbonyl (C=O) groups excluding carboxylic acids is 1. The molecule has 5 rings (SSSR count). The molecular weight excluding hydrogens is 360 g/mol. The molecule has 0 saturated heterocycles. The van der Waals surface area contributed by atoms with Gasteiger partial charge >= 0.3 is 0 Å². The molecule has 5 heteroatoms. The summed E-state index contributed by atoms with van der Waals surface area (Å²) in [6.07, 6.45) is 3.53. The second kappa shape index (κ2) is 6.71. The van der Waals surface area contributed by atoms with Gasteiger partial charge in [0.1, 0.15) is 0 Å². The van der Waals surface area contributed by atoms with E-state index in [0.717, 1.165) is 39.3 Å². The molecule has 142 valence electrons. The maximum Gasteiger partial charge on any atom is 0.257 e. The summed E-state index contributed by atoms with van der Waals surface area (Å²) in [5, 5.41) is 3.07. The molecule has 0 saturated carbocycles. The number of nitrogens with one attached hydrogen (secondary N) is 1. The van der Waals surface area contributed by atoms with Gasteiger partial charge in [-0.05, 0) is 43.2 Å². The Morgan fingerprint density at radius 3 is 2.72 bits per heavy atom. The van der Waals surface area contributed by atoms with Gasteiger partial charge in [-0.3, -0.25) is 9.79 Å². The van der Waals surface area contributed by atoms with Gasteiger partial charge in [-0.1, -0.05) is 36.4 Å². The lowest BCUT2D eigenvalue weighted by molar-refractivity contribution is 0.102. The van der Waals surface area contributed by atoms with E-state index in [1.54, 1.807) is 12.5 Å². The Balaban J connectivity index is 1.48. The summed E-state index contributed by atoms with van der Waals surface area (Å²) in [5.41, 5.74) is 8.55. The highest BCUT2D eigenvalue weighted by atomic mass is 16.1. The zero-order chi connectivity index (χ0) is 20.0. The highest BCUT2D eigenvalue weighted by Crippen LogP contribution is 2.27. The minimum absolute atomic E-state index is 0.119. The van der Waals surface area contributed by atoms with Crippen molar-refractivity contribution in [3.05, 3.63) is 101 Å². The van der Waals surface area contributed by atoms with Gasteiger partial charge in [0.15, 0.2) is 0 Å². The number of pyridine rings is 1. The zero-order valence-electron chi connectivity index (χ0n) is 16.3. The van der Waals surface area contributed by atoms with Gasteiger partial charge in [0.05, 0.1) is 35.9 Å². The van der Waals surface area contributed by atoms with Crippen LogP contribution in [0.1, 0.15) is 38.3 Å². The summed E-state index contributed by atoms with van der Waals surface area (Å²) < 4.78 is 1.94. The van der Waals surface area contributed by atoms with E-state index in [9.17, 15) is 4.79 Å². The van der Waals surface area contributed by atoms with Gasteiger partial charge in [0, 0.05) is 22.5 Å². The van der Waals surface area contributed by atoms with E-state index in [1.807, 2.05) is 60.7 Å². The van der Waals surface area contributed by atoms with Crippen molar-refractivity contribution in [2.45, 2.75) is 20.4 Å². The molecule has 2 aromatic carbocycles. The molecule has 0 aliphatic carbocycles. The molecule has 5 nitrogen and oxygen atoms in total. The largest absolute Gasteiger partial charge is 0.322 e. The number of aromatic nitrogens is 2. The molecule has 0 fully saturated rings. The summed E-state index contributed by atoms with van der Waals surface area (Å²) in [7, 11) is 0. The summed E-state index contributed by atoms with van der Waals surface area (Å²) in [5.74, 6) is -0.119. The van der Waals surface area contributed by atoms with E-state index >= 15 is 0 Å². The van der Waals surface area contributed by atoms with Gasteiger partial charge in [-0.2, -0.15) is 0 Å². The molecule has 0 spiro atoms. The van der Waals surface area contributed by atoms with Crippen molar-refractivity contribution in [1.82, 2.24) is 9.38 Å². The normalized spacial score (nSPS) is 12.7. The second-order valence-electron chi connectivity index (χ2n) is 7.33. The third-order valence-corrected chi connectivity index (χ3v) is 5.45. The van der Waals surface area contributed by atoms with E-state index in [2.05, 4.69) is 22.4 Å². The number of aryl methyl sites for hydroxylation is 2. The number of nitrogens with zero attached hydrogens (tertiary/aromatic N) is 3. The Bertz CT molecular complexity index is 1290. The Morgan fingerprint density at radius 1 is 1.07 bits per heavy atom. The number of imidazole rings is 1. The van der Waals surface area contributed by atoms with Crippen LogP contribution < -0.4 is 5.32 Å². The Labute approximate surface area is 168 Å². The SMILES string of the molecule is Cc1cc2cncn2c(C)c1C(=O)Nc1ccc2c(c1)C(c1ccccc1)=NC2. The van der Waals surface area contributed by atoms with Gasteiger partial charge in [0.2, 0.25) is 0 Å². The van der Waals surface area contributed by atoms with Crippen molar-refractivity contribution in [2.75, 3.05) is 5.32 Å². The highest BCUT2D eigenvalue weighted by Gasteiger charge is 2.20. The Morgan fingerprint density at radius 2 is 1.90 bits per heavy atom. The number of anilines is 1. The Hall–Kier alpha value is -3.73. The van der Waals surface area contributed by atoms with Crippen LogP contribution in [0.2, 0.25) is 0 Å². The molecule has 0 unspecified atom stereocenters. The van der Waals surface area contributed by atoms with Crippen molar-refractivity contribution in [1.29, 1.82) is 0 Å². The van der Waals surface area contributed by atoms with Crippen LogP contribution in [-0.4, -0.2) is 21.0 Å². The van der Waals surface area contributed by atoms with E-state index < -0.39 is 0 Å². The average molecular weight is 380 g/mol. The minimum atomic E-state index is -0.119. The monoisotopic (exact) mass is 380 g/mol. The van der Waals surface area contributed by atoms with Crippen LogP contribution in [-0.2, 0) is 6.54 Å². The number of fused-ring (bicyclic) bond motifs is 2. The van der Waals surface area contributed by atoms with Crippen molar-refractivity contribution in [2.24, 2.45) is 4.99 Å². The van der Waals surface area contributed by atoms with E-state index in [1.165, 1.54) is 5.56 Å². The lowest BCUT2D eigenvalue weighted by atomic mass is 9.99. The first-order valence-electron chi connectivity index (χ1n) is 9.58. The molecule has 29 heavy (non-hydrogen) atoms. The fourth-order valence-corrected chi connectivity index (χ4v) is 4.03. The third-order valence-electron chi connectivity index (χ3n) is 5.45. The minimum Gasteiger partial charge on any atom is -0.322 e. The summed E-state index contributed by atoms with van der Waals surface area (Å²) in [6, 6.07) is 18.1. The number of rotatable bonds is 3. The van der Waals surface area contributed by atoms with Gasteiger partial charge < -0.3 is 9.72 Å². The highest BCUT2D eigenvalue weighted by molar-refractivity contribution is 6.16. The zero-order valence-corrected chi connectivity index (χ0v) is 16.3. The number of carbonyl (C=O) groups is 1. The molecule has 1 aliphatic heterocycles. The maximum atomic E-state index is 13.1. The van der Waals surface area contributed by atoms with E-state index in [4.69, 9.17) is 4.99 Å². The van der Waals surface area contributed by atoms with Gasteiger partial charge in [-0.15, -0.1) is 0 Å². The topological polar surface area (TPSA) is 58.8 Å². The predicted octanol–water partition coefficient (Wildman–Crippen LogP) is 4.55. The predicted molar refractivity (Wildman–Crippen MR) is 115 cm³/mol. The molecule has 3 heterocycles. The molecule has 2 aromatic heterocycles. The molecule has 0 atom stereocenters. The first kappa shape index (κ1) is 17.4. The van der Waals surface area contributed by atoms with Gasteiger partial charge in [-0.25, -0.2) is 4.98 Å². The Kier molecular flexibility index (Phi) is 4.02. The number of hydrogen-bond donors (Lipinski definition) is 1. The maximum absolute atomic E-state index is 13.1. The lowest BCUT2D eigenvalue weighted by Crippen LogP contribution is -2.17. The van der Waals surface area contributed by atoms with Crippen LogP contribution in [0.5, 0.6) is 0 Å². The summed E-state index contributed by atoms with van der Waals surface area (Å²) in [4.78, 5) is 22.0. The number of benzene rings is 2. The number of aliphatic imine (C=N–C) groups is 1. The van der Waals surface area contributed by atoms with Crippen LogP contribution in [0.4, 0.5) is 5.69 Å². The van der Waals surface area contributed by atoms with Crippen molar-refractivity contribution < 1.29 is 4.79 Å². The van der Waals surface area contributed by atoms with Crippen LogP contribution in [0.3, 0.4) is 0 Å². The number of hydrogen-bond acceptors (Lipinski definition) is 3. The standard InChI is InChI=1S/C24H20N4O/c1-15-10-20-13-25-14-28(20)16(2)22(15)24(29)27-19-9-8-18-12-26-23(21(18)11-19)17-6-4-3-5-7-17/h3-11,13-14H,12H2,1-2H3,(H,27,29). The fourth-order valence-electron chi connectivity index (χ4n) is 4.03. The van der Waals surface area contributed by atoms with Gasteiger partial charge in [0.25, 0.3) is 5.91 Å². The van der Waals surface area contributed by atoms with Crippen LogP contribution in [0.15, 0.2) is 72.1 Å². The average Bonchev–Trinajstić information content (AvgIpc) is 3.35. The molecule has 1 amide bonds. The van der Waals surface area contributed by atoms with Crippen LogP contribution in [0, 0.1) is 13.8 Å². The smallest absolute Gasteiger partial charge is 0.257 e. The molecule has 1 aliphatic rings. The second-order valence-corrected chi connectivity index (χ2v) is 7.33. The van der Waals surface area contributed by atoms with E-state index in [-0.39, 0.29) is 5.91 Å². The molecule has 0 bridgehead atoms. The summed E-state index contributed by atoms with van der Waals surface area (Å²) in [6.45, 7) is 4.57. The first-order chi connectivity index (χ1) is 14.1. The molecule has 1 N–H and O–H groups in total. The molecule has 0 radical (unpaired) electrons. The quantitative estimate of drug-likeness (QED) is 0.567. The van der Waals surface area contributed by atoms with Crippen LogP contribution >= 0.6 is 0 Å². The van der Waals surface area contributed by atoms with Crippen molar-refractivity contribution >= 4 is 22.8 Å². The lowest BCUT2D eigenvalue weighted by Gasteiger charge is -2.13. The summed E-state index contributed by atoms with van der Waals surface area (Å²) >= 11 is 0. The van der Waals surface area contributed by atoms with Crippen LogP contribution in [0.25, 0.3) is 5.52 Å².